The van der Waals surface area contributed by atoms with E-state index in [1.165, 1.54) is 6.42 Å². The van der Waals surface area contributed by atoms with Crippen molar-refractivity contribution in [2.45, 2.75) is 52.4 Å². The molecule has 3 heteroatoms. The molecular formula is C13H26N2O. The first-order valence-corrected chi connectivity index (χ1v) is 6.53. The zero-order chi connectivity index (χ0) is 12.0. The fraction of sp³-hybridized carbons (Fsp3) is 0.923. The molecule has 1 unspecified atom stereocenters. The summed E-state index contributed by atoms with van der Waals surface area (Å²) in [6.07, 6.45) is 6.29. The van der Waals surface area contributed by atoms with Crippen molar-refractivity contribution in [1.29, 1.82) is 0 Å². The van der Waals surface area contributed by atoms with Crippen molar-refractivity contribution in [2.75, 3.05) is 13.1 Å². The third-order valence-electron chi connectivity index (χ3n) is 3.62. The lowest BCUT2D eigenvalue weighted by Gasteiger charge is -2.06. The van der Waals surface area contributed by atoms with Crippen molar-refractivity contribution in [2.24, 2.45) is 17.1 Å². The Labute approximate surface area is 99.2 Å². The highest BCUT2D eigenvalue weighted by atomic mass is 16.1. The summed E-state index contributed by atoms with van der Waals surface area (Å²) in [4.78, 5) is 11.5. The van der Waals surface area contributed by atoms with Crippen LogP contribution in [0.2, 0.25) is 0 Å². The molecule has 16 heavy (non-hydrogen) atoms. The summed E-state index contributed by atoms with van der Waals surface area (Å²) in [5.41, 5.74) is 5.87. The van der Waals surface area contributed by atoms with Crippen LogP contribution in [0.1, 0.15) is 52.4 Å². The molecule has 1 saturated carbocycles. The van der Waals surface area contributed by atoms with Crippen LogP contribution >= 0.6 is 0 Å². The normalized spacial score (nSPS) is 21.8. The number of rotatable bonds is 8. The zero-order valence-electron chi connectivity index (χ0n) is 10.7. The summed E-state index contributed by atoms with van der Waals surface area (Å²) >= 11 is 0. The second-order valence-electron chi connectivity index (χ2n) is 5.65. The zero-order valence-corrected chi connectivity index (χ0v) is 10.7. The van der Waals surface area contributed by atoms with Crippen LogP contribution in [0.25, 0.3) is 0 Å². The summed E-state index contributed by atoms with van der Waals surface area (Å²) in [5, 5.41) is 3.03. The highest BCUT2D eigenvalue weighted by Gasteiger charge is 2.45. The van der Waals surface area contributed by atoms with E-state index >= 15 is 0 Å². The second-order valence-corrected chi connectivity index (χ2v) is 5.65. The van der Waals surface area contributed by atoms with Gasteiger partial charge in [-0.2, -0.15) is 0 Å². The van der Waals surface area contributed by atoms with Crippen LogP contribution in [0.15, 0.2) is 0 Å². The maximum atomic E-state index is 11.5. The lowest BCUT2D eigenvalue weighted by atomic mass is 10.1. The lowest BCUT2D eigenvalue weighted by Crippen LogP contribution is -2.26. The molecule has 0 aromatic rings. The monoisotopic (exact) mass is 226 g/mol. The van der Waals surface area contributed by atoms with Crippen LogP contribution in [0.4, 0.5) is 0 Å². The van der Waals surface area contributed by atoms with Crippen LogP contribution in [0, 0.1) is 11.3 Å². The van der Waals surface area contributed by atoms with Gasteiger partial charge in [-0.25, -0.2) is 0 Å². The molecule has 1 rings (SSSR count). The number of hydrogen-bond acceptors (Lipinski definition) is 2. The van der Waals surface area contributed by atoms with Gasteiger partial charge in [-0.15, -0.1) is 0 Å². The molecule has 1 fully saturated rings. The lowest BCUT2D eigenvalue weighted by molar-refractivity contribution is -0.121. The first-order valence-electron chi connectivity index (χ1n) is 6.53. The molecule has 94 valence electrons. The van der Waals surface area contributed by atoms with Crippen molar-refractivity contribution >= 4 is 5.91 Å². The Morgan fingerprint density at radius 2 is 1.94 bits per heavy atom. The molecular weight excluding hydrogens is 200 g/mol. The van der Waals surface area contributed by atoms with Crippen molar-refractivity contribution in [3.05, 3.63) is 0 Å². The van der Waals surface area contributed by atoms with E-state index in [0.717, 1.165) is 38.8 Å². The number of amides is 1. The van der Waals surface area contributed by atoms with Gasteiger partial charge in [-0.05, 0) is 37.1 Å². The Morgan fingerprint density at radius 3 is 2.50 bits per heavy atom. The number of nitrogens with one attached hydrogen (secondary N) is 1. The number of unbranched alkanes of at least 4 members (excludes halogenated alkanes) is 3. The molecule has 0 bridgehead atoms. The topological polar surface area (TPSA) is 55.1 Å². The standard InChI is InChI=1S/C13H26N2O/c1-13(2)9-11(13)10-15-12(16)7-5-3-4-6-8-14/h11H,3-10,14H2,1-2H3,(H,15,16). The van der Waals surface area contributed by atoms with Crippen LogP contribution in [-0.2, 0) is 4.79 Å². The number of carbonyl (C=O) groups excluding carboxylic acids is 1. The number of carbonyl (C=O) groups is 1. The molecule has 0 radical (unpaired) electrons. The molecule has 1 atom stereocenters. The van der Waals surface area contributed by atoms with Crippen LogP contribution < -0.4 is 11.1 Å². The maximum absolute atomic E-state index is 11.5. The average molecular weight is 226 g/mol. The molecule has 1 amide bonds. The first-order chi connectivity index (χ1) is 7.56. The highest BCUT2D eigenvalue weighted by molar-refractivity contribution is 5.75. The quantitative estimate of drug-likeness (QED) is 0.622. The van der Waals surface area contributed by atoms with E-state index < -0.39 is 0 Å². The van der Waals surface area contributed by atoms with Crippen LogP contribution in [0.5, 0.6) is 0 Å². The smallest absolute Gasteiger partial charge is 0.220 e. The fourth-order valence-corrected chi connectivity index (χ4v) is 2.03. The SMILES string of the molecule is CC1(C)CC1CNC(=O)CCCCCCN. The average Bonchev–Trinajstić information content (AvgIpc) is 2.83. The van der Waals surface area contributed by atoms with Gasteiger partial charge in [0.2, 0.25) is 5.91 Å². The van der Waals surface area contributed by atoms with Gasteiger partial charge in [0.25, 0.3) is 0 Å². The van der Waals surface area contributed by atoms with Crippen LogP contribution in [-0.4, -0.2) is 19.0 Å². The summed E-state index contributed by atoms with van der Waals surface area (Å²) in [6, 6.07) is 0. The van der Waals surface area contributed by atoms with Crippen molar-refractivity contribution < 1.29 is 4.79 Å². The summed E-state index contributed by atoms with van der Waals surface area (Å²) in [5.74, 6) is 0.920. The molecule has 1 aliphatic rings. The Hall–Kier alpha value is -0.570. The molecule has 0 heterocycles. The number of nitrogens with two attached hydrogens (primary N) is 1. The highest BCUT2D eigenvalue weighted by Crippen LogP contribution is 2.50. The molecule has 3 N–H and O–H groups in total. The van der Waals surface area contributed by atoms with E-state index in [1.54, 1.807) is 0 Å². The molecule has 3 nitrogen and oxygen atoms in total. The minimum atomic E-state index is 0.218. The molecule has 0 spiro atoms. The van der Waals surface area contributed by atoms with Crippen molar-refractivity contribution in [3.63, 3.8) is 0 Å². The van der Waals surface area contributed by atoms with Crippen molar-refractivity contribution in [1.82, 2.24) is 5.32 Å². The Kier molecular flexibility index (Phi) is 5.26. The van der Waals surface area contributed by atoms with Gasteiger partial charge in [0, 0.05) is 13.0 Å². The largest absolute Gasteiger partial charge is 0.356 e. The van der Waals surface area contributed by atoms with E-state index in [4.69, 9.17) is 5.73 Å². The third-order valence-corrected chi connectivity index (χ3v) is 3.62. The second kappa shape index (κ2) is 6.24. The van der Waals surface area contributed by atoms with Crippen molar-refractivity contribution in [3.8, 4) is 0 Å². The predicted molar refractivity (Wildman–Crippen MR) is 67.0 cm³/mol. The minimum Gasteiger partial charge on any atom is -0.356 e. The van der Waals surface area contributed by atoms with Gasteiger partial charge in [0.15, 0.2) is 0 Å². The summed E-state index contributed by atoms with van der Waals surface area (Å²) < 4.78 is 0. The van der Waals surface area contributed by atoms with Crippen LogP contribution in [0.3, 0.4) is 0 Å². The fourth-order valence-electron chi connectivity index (χ4n) is 2.03. The van der Waals surface area contributed by atoms with Gasteiger partial charge in [0.1, 0.15) is 0 Å². The Morgan fingerprint density at radius 1 is 1.31 bits per heavy atom. The maximum Gasteiger partial charge on any atom is 0.220 e. The Bertz CT molecular complexity index is 226. The van der Waals surface area contributed by atoms with E-state index in [9.17, 15) is 4.79 Å². The molecule has 1 aliphatic carbocycles. The van der Waals surface area contributed by atoms with E-state index in [-0.39, 0.29) is 5.91 Å². The molecule has 0 aromatic heterocycles. The minimum absolute atomic E-state index is 0.218. The van der Waals surface area contributed by atoms with Gasteiger partial charge in [-0.1, -0.05) is 26.7 Å². The predicted octanol–water partition coefficient (Wildman–Crippen LogP) is 2.06. The molecule has 0 saturated heterocycles. The first kappa shape index (κ1) is 13.5. The Balaban J connectivity index is 1.91. The van der Waals surface area contributed by atoms with Gasteiger partial charge < -0.3 is 11.1 Å². The van der Waals surface area contributed by atoms with Gasteiger partial charge >= 0.3 is 0 Å². The van der Waals surface area contributed by atoms with E-state index in [1.807, 2.05) is 0 Å². The van der Waals surface area contributed by atoms with Gasteiger partial charge in [-0.3, -0.25) is 4.79 Å². The third kappa shape index (κ3) is 4.97. The molecule has 0 aromatic carbocycles. The van der Waals surface area contributed by atoms with E-state index in [0.29, 0.717) is 17.8 Å². The summed E-state index contributed by atoms with van der Waals surface area (Å²) in [6.45, 7) is 6.16. The summed E-state index contributed by atoms with van der Waals surface area (Å²) in [7, 11) is 0. The van der Waals surface area contributed by atoms with E-state index in [2.05, 4.69) is 19.2 Å². The number of hydrogen-bond donors (Lipinski definition) is 2. The van der Waals surface area contributed by atoms with Gasteiger partial charge in [0.05, 0.1) is 0 Å². The molecule has 0 aliphatic heterocycles.